The van der Waals surface area contributed by atoms with E-state index in [-0.39, 0.29) is 11.9 Å². The molecule has 1 aromatic carbocycles. The maximum absolute atomic E-state index is 12.7. The van der Waals surface area contributed by atoms with Gasteiger partial charge in [0.05, 0.1) is 0 Å². The lowest BCUT2D eigenvalue weighted by molar-refractivity contribution is -0.141. The van der Waals surface area contributed by atoms with Crippen molar-refractivity contribution in [1.82, 2.24) is 9.97 Å². The molecule has 0 saturated carbocycles. The van der Waals surface area contributed by atoms with E-state index in [0.29, 0.717) is 5.02 Å². The average Bonchev–Trinajstić information content (AvgIpc) is 2.37. The maximum Gasteiger partial charge on any atom is 0.433 e. The van der Waals surface area contributed by atoms with Gasteiger partial charge in [0.25, 0.3) is 0 Å². The van der Waals surface area contributed by atoms with Crippen LogP contribution in [0.25, 0.3) is 0 Å². The van der Waals surface area contributed by atoms with E-state index in [1.54, 1.807) is 31.2 Å². The summed E-state index contributed by atoms with van der Waals surface area (Å²) in [7, 11) is 0. The lowest BCUT2D eigenvalue weighted by Gasteiger charge is -2.16. The van der Waals surface area contributed by atoms with Crippen molar-refractivity contribution >= 4 is 29.0 Å². The fourth-order valence-corrected chi connectivity index (χ4v) is 2.10. The third-order valence-corrected chi connectivity index (χ3v) is 3.11. The predicted octanol–water partition coefficient (Wildman–Crippen LogP) is 4.98. The van der Waals surface area contributed by atoms with Gasteiger partial charge in [-0.05, 0) is 36.2 Å². The lowest BCUT2D eigenvalue weighted by Crippen LogP contribution is -2.13. The molecule has 8 heteroatoms. The van der Waals surface area contributed by atoms with Gasteiger partial charge < -0.3 is 5.32 Å². The number of nitrogens with zero attached hydrogens (tertiary/aromatic N) is 2. The minimum atomic E-state index is -4.58. The van der Waals surface area contributed by atoms with Gasteiger partial charge in [0, 0.05) is 17.1 Å². The highest BCUT2D eigenvalue weighted by atomic mass is 35.5. The van der Waals surface area contributed by atoms with Crippen LogP contribution in [0.5, 0.6) is 0 Å². The topological polar surface area (TPSA) is 37.8 Å². The van der Waals surface area contributed by atoms with Gasteiger partial charge in [0.15, 0.2) is 5.69 Å². The quantitative estimate of drug-likeness (QED) is 0.804. The van der Waals surface area contributed by atoms with Crippen LogP contribution in [0.4, 0.5) is 19.0 Å². The summed E-state index contributed by atoms with van der Waals surface area (Å²) in [5.41, 5.74) is -0.283. The van der Waals surface area contributed by atoms with Gasteiger partial charge in [0.2, 0.25) is 5.28 Å². The second-order valence-corrected chi connectivity index (χ2v) is 5.10. The van der Waals surface area contributed by atoms with Crippen LogP contribution >= 0.6 is 23.2 Å². The van der Waals surface area contributed by atoms with Gasteiger partial charge in [-0.15, -0.1) is 0 Å². The SMILES string of the molecule is CC(Nc1cc(C(F)(F)F)nc(Cl)n1)c1cccc(Cl)c1. The van der Waals surface area contributed by atoms with Crippen molar-refractivity contribution < 1.29 is 13.2 Å². The third-order valence-electron chi connectivity index (χ3n) is 2.70. The Kier molecular flexibility index (Phi) is 4.58. The first-order valence-corrected chi connectivity index (χ1v) is 6.65. The number of anilines is 1. The third kappa shape index (κ3) is 4.22. The molecule has 1 unspecified atom stereocenters. The molecule has 1 heterocycles. The molecule has 112 valence electrons. The van der Waals surface area contributed by atoms with Crippen LogP contribution in [-0.4, -0.2) is 9.97 Å². The Bertz CT molecular complexity index is 647. The normalized spacial score (nSPS) is 13.0. The highest BCUT2D eigenvalue weighted by Crippen LogP contribution is 2.30. The summed E-state index contributed by atoms with van der Waals surface area (Å²) in [6.45, 7) is 1.77. The Morgan fingerprint density at radius 2 is 1.86 bits per heavy atom. The van der Waals surface area contributed by atoms with Crippen LogP contribution in [0, 0.1) is 0 Å². The van der Waals surface area contributed by atoms with Crippen LogP contribution < -0.4 is 5.32 Å². The zero-order valence-corrected chi connectivity index (χ0v) is 12.3. The van der Waals surface area contributed by atoms with Crippen LogP contribution in [0.1, 0.15) is 24.2 Å². The molecule has 0 saturated heterocycles. The first-order chi connectivity index (χ1) is 9.75. The molecular formula is C13H10Cl2F3N3. The van der Waals surface area contributed by atoms with Crippen molar-refractivity contribution in [3.8, 4) is 0 Å². The molecule has 3 nitrogen and oxygen atoms in total. The Morgan fingerprint density at radius 3 is 2.48 bits per heavy atom. The predicted molar refractivity (Wildman–Crippen MR) is 75.5 cm³/mol. The summed E-state index contributed by atoms with van der Waals surface area (Å²) in [6.07, 6.45) is -4.58. The van der Waals surface area contributed by atoms with E-state index in [0.717, 1.165) is 11.6 Å². The van der Waals surface area contributed by atoms with Crippen LogP contribution in [-0.2, 0) is 6.18 Å². The lowest BCUT2D eigenvalue weighted by atomic mass is 10.1. The minimum Gasteiger partial charge on any atom is -0.363 e. The Balaban J connectivity index is 2.25. The molecule has 0 aliphatic rings. The number of halogens is 5. The maximum atomic E-state index is 12.7. The van der Waals surface area contributed by atoms with Crippen molar-refractivity contribution in [3.63, 3.8) is 0 Å². The summed E-state index contributed by atoms with van der Waals surface area (Å²) in [5.74, 6) is -0.00481. The summed E-state index contributed by atoms with van der Waals surface area (Å²) in [6, 6.07) is 7.50. The van der Waals surface area contributed by atoms with E-state index >= 15 is 0 Å². The average molecular weight is 336 g/mol. The minimum absolute atomic E-state index is 0.00481. The van der Waals surface area contributed by atoms with Crippen molar-refractivity contribution in [2.24, 2.45) is 0 Å². The second kappa shape index (κ2) is 6.07. The van der Waals surface area contributed by atoms with Crippen LogP contribution in [0.2, 0.25) is 10.3 Å². The summed E-state index contributed by atoms with van der Waals surface area (Å²) in [5, 5.41) is 2.92. The molecule has 0 spiro atoms. The van der Waals surface area contributed by atoms with Crippen LogP contribution in [0.15, 0.2) is 30.3 Å². The number of alkyl halides is 3. The highest BCUT2D eigenvalue weighted by Gasteiger charge is 2.33. The molecule has 1 N–H and O–H groups in total. The fraction of sp³-hybridized carbons (Fsp3) is 0.231. The standard InChI is InChI=1S/C13H10Cl2F3N3/c1-7(8-3-2-4-9(14)5-8)19-11-6-10(13(16,17)18)20-12(15)21-11/h2-7H,1H3,(H,19,20,21). The second-order valence-electron chi connectivity index (χ2n) is 4.33. The van der Waals surface area contributed by atoms with Gasteiger partial charge in [-0.2, -0.15) is 13.2 Å². The summed E-state index contributed by atoms with van der Waals surface area (Å²) in [4.78, 5) is 6.91. The molecule has 21 heavy (non-hydrogen) atoms. The molecule has 0 aliphatic heterocycles. The van der Waals surface area contributed by atoms with Gasteiger partial charge >= 0.3 is 6.18 Å². The zero-order chi connectivity index (χ0) is 15.6. The molecule has 0 amide bonds. The molecule has 2 rings (SSSR count). The van der Waals surface area contributed by atoms with E-state index in [2.05, 4.69) is 15.3 Å². The van der Waals surface area contributed by atoms with Crippen LogP contribution in [0.3, 0.4) is 0 Å². The van der Waals surface area contributed by atoms with E-state index in [1.807, 2.05) is 0 Å². The van der Waals surface area contributed by atoms with Gasteiger partial charge in [0.1, 0.15) is 5.82 Å². The number of benzene rings is 1. The zero-order valence-electron chi connectivity index (χ0n) is 10.7. The Morgan fingerprint density at radius 1 is 1.14 bits per heavy atom. The molecular weight excluding hydrogens is 326 g/mol. The van der Waals surface area contributed by atoms with Gasteiger partial charge in [-0.25, -0.2) is 9.97 Å². The molecule has 1 aromatic heterocycles. The summed E-state index contributed by atoms with van der Waals surface area (Å²) >= 11 is 11.4. The largest absolute Gasteiger partial charge is 0.433 e. The smallest absolute Gasteiger partial charge is 0.363 e. The molecule has 0 fully saturated rings. The van der Waals surface area contributed by atoms with Gasteiger partial charge in [-0.1, -0.05) is 23.7 Å². The first-order valence-electron chi connectivity index (χ1n) is 5.89. The molecule has 2 aromatic rings. The Labute approximate surface area is 129 Å². The number of hydrogen-bond donors (Lipinski definition) is 1. The van der Waals surface area contributed by atoms with E-state index < -0.39 is 17.2 Å². The van der Waals surface area contributed by atoms with E-state index in [4.69, 9.17) is 23.2 Å². The number of aromatic nitrogens is 2. The molecule has 0 bridgehead atoms. The fourth-order valence-electron chi connectivity index (χ4n) is 1.72. The molecule has 1 atom stereocenters. The molecule has 0 radical (unpaired) electrons. The van der Waals surface area contributed by atoms with E-state index in [9.17, 15) is 13.2 Å². The van der Waals surface area contributed by atoms with E-state index in [1.165, 1.54) is 0 Å². The first kappa shape index (κ1) is 15.9. The molecule has 0 aliphatic carbocycles. The number of nitrogens with one attached hydrogen (secondary N) is 1. The van der Waals surface area contributed by atoms with Crippen molar-refractivity contribution in [2.45, 2.75) is 19.1 Å². The number of rotatable bonds is 3. The van der Waals surface area contributed by atoms with Gasteiger partial charge in [-0.3, -0.25) is 0 Å². The Hall–Kier alpha value is -1.53. The highest BCUT2D eigenvalue weighted by molar-refractivity contribution is 6.30. The van der Waals surface area contributed by atoms with Crippen molar-refractivity contribution in [3.05, 3.63) is 51.9 Å². The summed E-state index contributed by atoms with van der Waals surface area (Å²) < 4.78 is 38.0. The van der Waals surface area contributed by atoms with Crippen molar-refractivity contribution in [1.29, 1.82) is 0 Å². The number of hydrogen-bond acceptors (Lipinski definition) is 3. The monoisotopic (exact) mass is 335 g/mol. The van der Waals surface area contributed by atoms with Crippen molar-refractivity contribution in [2.75, 3.05) is 5.32 Å².